The number of nitrogens with one attached hydrogen (secondary N) is 1. The molecule has 0 spiro atoms. The fourth-order valence-electron chi connectivity index (χ4n) is 4.13. The SMILES string of the molecule is CN(C)C1(CNC(=O)C(c2ccccc2)c2ccccc2)CCCCC1.Cl. The highest BCUT2D eigenvalue weighted by Crippen LogP contribution is 2.32. The van der Waals surface area contributed by atoms with Crippen molar-refractivity contribution in [1.29, 1.82) is 0 Å². The average molecular weight is 387 g/mol. The van der Waals surface area contributed by atoms with Crippen LogP contribution in [0.3, 0.4) is 0 Å². The number of nitrogens with zero attached hydrogens (tertiary/aromatic N) is 1. The van der Waals surface area contributed by atoms with Crippen LogP contribution in [-0.4, -0.2) is 37.0 Å². The van der Waals surface area contributed by atoms with Gasteiger partial charge in [0.1, 0.15) is 0 Å². The number of hydrogen-bond donors (Lipinski definition) is 1. The molecule has 1 saturated carbocycles. The smallest absolute Gasteiger partial charge is 0.232 e. The molecule has 4 heteroatoms. The third-order valence-electron chi connectivity index (χ3n) is 5.85. The van der Waals surface area contributed by atoms with Gasteiger partial charge in [0.15, 0.2) is 0 Å². The van der Waals surface area contributed by atoms with Crippen LogP contribution in [0.1, 0.15) is 49.1 Å². The molecule has 0 radical (unpaired) electrons. The minimum absolute atomic E-state index is 0. The highest BCUT2D eigenvalue weighted by atomic mass is 35.5. The predicted octanol–water partition coefficient (Wildman–Crippen LogP) is 4.62. The van der Waals surface area contributed by atoms with Gasteiger partial charge in [-0.3, -0.25) is 4.79 Å². The summed E-state index contributed by atoms with van der Waals surface area (Å²) in [5.41, 5.74) is 2.17. The Labute approximate surface area is 169 Å². The van der Waals surface area contributed by atoms with Gasteiger partial charge in [-0.1, -0.05) is 79.9 Å². The second kappa shape index (κ2) is 9.91. The van der Waals surface area contributed by atoms with Gasteiger partial charge in [0, 0.05) is 12.1 Å². The molecule has 27 heavy (non-hydrogen) atoms. The summed E-state index contributed by atoms with van der Waals surface area (Å²) in [4.78, 5) is 15.5. The highest BCUT2D eigenvalue weighted by Gasteiger charge is 2.35. The molecule has 1 fully saturated rings. The van der Waals surface area contributed by atoms with E-state index in [0.717, 1.165) is 30.5 Å². The molecule has 0 heterocycles. The van der Waals surface area contributed by atoms with Crippen molar-refractivity contribution in [1.82, 2.24) is 10.2 Å². The molecule has 0 aromatic heterocycles. The van der Waals surface area contributed by atoms with Gasteiger partial charge in [0.05, 0.1) is 5.92 Å². The number of carbonyl (C=O) groups is 1. The van der Waals surface area contributed by atoms with E-state index in [1.54, 1.807) is 0 Å². The lowest BCUT2D eigenvalue weighted by Crippen LogP contribution is -2.54. The van der Waals surface area contributed by atoms with Crippen LogP contribution in [0.4, 0.5) is 0 Å². The maximum atomic E-state index is 13.2. The summed E-state index contributed by atoms with van der Waals surface area (Å²) in [6.45, 7) is 0.717. The van der Waals surface area contributed by atoms with Crippen LogP contribution in [0, 0.1) is 0 Å². The molecule has 2 aromatic rings. The largest absolute Gasteiger partial charge is 0.353 e. The van der Waals surface area contributed by atoms with E-state index in [9.17, 15) is 4.79 Å². The summed E-state index contributed by atoms with van der Waals surface area (Å²) in [5.74, 6) is -0.172. The summed E-state index contributed by atoms with van der Waals surface area (Å²) in [6.07, 6.45) is 6.10. The Morgan fingerprint density at radius 2 is 1.41 bits per heavy atom. The van der Waals surface area contributed by atoms with E-state index >= 15 is 0 Å². The third kappa shape index (κ3) is 5.12. The Balaban J connectivity index is 0.00000261. The molecule has 2 aromatic carbocycles. The predicted molar refractivity (Wildman–Crippen MR) is 114 cm³/mol. The van der Waals surface area contributed by atoms with E-state index in [1.807, 2.05) is 60.7 Å². The molecular formula is C23H31ClN2O. The van der Waals surface area contributed by atoms with Crippen molar-refractivity contribution in [3.63, 3.8) is 0 Å². The van der Waals surface area contributed by atoms with Crippen molar-refractivity contribution in [2.45, 2.75) is 43.6 Å². The van der Waals surface area contributed by atoms with Crippen molar-refractivity contribution >= 4 is 18.3 Å². The van der Waals surface area contributed by atoms with Crippen molar-refractivity contribution in [2.75, 3.05) is 20.6 Å². The van der Waals surface area contributed by atoms with Crippen molar-refractivity contribution < 1.29 is 4.79 Å². The molecule has 1 N–H and O–H groups in total. The zero-order chi connectivity index (χ0) is 18.4. The molecule has 3 rings (SSSR count). The second-order valence-corrected chi connectivity index (χ2v) is 7.65. The van der Waals surface area contributed by atoms with Gasteiger partial charge in [-0.15, -0.1) is 12.4 Å². The Morgan fingerprint density at radius 1 is 0.926 bits per heavy atom. The molecule has 1 aliphatic rings. The Kier molecular flexibility index (Phi) is 7.88. The molecule has 0 atom stereocenters. The van der Waals surface area contributed by atoms with Crippen LogP contribution in [0.25, 0.3) is 0 Å². The second-order valence-electron chi connectivity index (χ2n) is 7.65. The summed E-state index contributed by atoms with van der Waals surface area (Å²) in [7, 11) is 4.28. The summed E-state index contributed by atoms with van der Waals surface area (Å²) < 4.78 is 0. The lowest BCUT2D eigenvalue weighted by Gasteiger charge is -2.43. The van der Waals surface area contributed by atoms with Crippen molar-refractivity contribution in [3.8, 4) is 0 Å². The lowest BCUT2D eigenvalue weighted by atomic mass is 9.80. The highest BCUT2D eigenvalue weighted by molar-refractivity contribution is 5.87. The van der Waals surface area contributed by atoms with Crippen LogP contribution in [0.2, 0.25) is 0 Å². The topological polar surface area (TPSA) is 32.3 Å². The van der Waals surface area contributed by atoms with Gasteiger partial charge in [-0.05, 0) is 38.1 Å². The first-order valence-electron chi connectivity index (χ1n) is 9.67. The summed E-state index contributed by atoms with van der Waals surface area (Å²) in [5, 5.41) is 3.29. The van der Waals surface area contributed by atoms with Gasteiger partial charge in [0.25, 0.3) is 0 Å². The zero-order valence-corrected chi connectivity index (χ0v) is 17.2. The van der Waals surface area contributed by atoms with Crippen molar-refractivity contribution in [3.05, 3.63) is 71.8 Å². The van der Waals surface area contributed by atoms with E-state index in [4.69, 9.17) is 0 Å². The fourth-order valence-corrected chi connectivity index (χ4v) is 4.13. The standard InChI is InChI=1S/C23H30N2O.ClH/c1-25(2)23(16-10-5-11-17-23)18-24-22(26)21(19-12-6-3-7-13-19)20-14-8-4-9-15-20;/h3-4,6-9,12-15,21H,5,10-11,16-18H2,1-2H3,(H,24,26);1H. The van der Waals surface area contributed by atoms with Crippen LogP contribution in [-0.2, 0) is 4.79 Å². The molecule has 0 unspecified atom stereocenters. The lowest BCUT2D eigenvalue weighted by molar-refractivity contribution is -0.122. The molecule has 0 aliphatic heterocycles. The van der Waals surface area contributed by atoms with E-state index < -0.39 is 0 Å². The average Bonchev–Trinajstić information content (AvgIpc) is 2.69. The van der Waals surface area contributed by atoms with Gasteiger partial charge < -0.3 is 10.2 Å². The zero-order valence-electron chi connectivity index (χ0n) is 16.4. The van der Waals surface area contributed by atoms with Gasteiger partial charge in [-0.25, -0.2) is 0 Å². The Hall–Kier alpha value is -1.84. The van der Waals surface area contributed by atoms with Crippen LogP contribution < -0.4 is 5.32 Å². The molecule has 1 amide bonds. The summed E-state index contributed by atoms with van der Waals surface area (Å²) in [6, 6.07) is 20.2. The fraction of sp³-hybridized carbons (Fsp3) is 0.435. The van der Waals surface area contributed by atoms with E-state index in [2.05, 4.69) is 24.3 Å². The number of hydrogen-bond acceptors (Lipinski definition) is 2. The first-order valence-corrected chi connectivity index (χ1v) is 9.67. The molecule has 3 nitrogen and oxygen atoms in total. The normalized spacial score (nSPS) is 16.0. The quantitative estimate of drug-likeness (QED) is 0.785. The number of amides is 1. The van der Waals surface area contributed by atoms with Crippen molar-refractivity contribution in [2.24, 2.45) is 0 Å². The van der Waals surface area contributed by atoms with E-state index in [0.29, 0.717) is 0 Å². The molecule has 0 bridgehead atoms. The number of benzene rings is 2. The van der Waals surface area contributed by atoms with Gasteiger partial charge in [-0.2, -0.15) is 0 Å². The monoisotopic (exact) mass is 386 g/mol. The molecular weight excluding hydrogens is 356 g/mol. The molecule has 0 saturated heterocycles. The summed E-state index contributed by atoms with van der Waals surface area (Å²) >= 11 is 0. The first-order chi connectivity index (χ1) is 12.6. The van der Waals surface area contributed by atoms with Gasteiger partial charge >= 0.3 is 0 Å². The number of rotatable bonds is 6. The van der Waals surface area contributed by atoms with Crippen LogP contribution >= 0.6 is 12.4 Å². The third-order valence-corrected chi connectivity index (χ3v) is 5.85. The minimum Gasteiger partial charge on any atom is -0.353 e. The van der Waals surface area contributed by atoms with E-state index in [-0.39, 0.29) is 29.8 Å². The Bertz CT molecular complexity index is 657. The maximum Gasteiger partial charge on any atom is 0.232 e. The first kappa shape index (κ1) is 21.5. The van der Waals surface area contributed by atoms with Gasteiger partial charge in [0.2, 0.25) is 5.91 Å². The molecule has 1 aliphatic carbocycles. The van der Waals surface area contributed by atoms with Crippen LogP contribution in [0.15, 0.2) is 60.7 Å². The Morgan fingerprint density at radius 3 is 1.85 bits per heavy atom. The number of likely N-dealkylation sites (N-methyl/N-ethyl adjacent to an activating group) is 1. The van der Waals surface area contributed by atoms with E-state index in [1.165, 1.54) is 19.3 Å². The van der Waals surface area contributed by atoms with Crippen LogP contribution in [0.5, 0.6) is 0 Å². The minimum atomic E-state index is -0.264. The molecule has 146 valence electrons. The number of carbonyl (C=O) groups excluding carboxylic acids is 1. The number of halogens is 1. The maximum absolute atomic E-state index is 13.2.